The molecule has 1 aliphatic heterocycles. The Morgan fingerprint density at radius 2 is 1.68 bits per heavy atom. The van der Waals surface area contributed by atoms with Crippen LogP contribution in [0.1, 0.15) is 5.69 Å². The molecule has 0 spiro atoms. The smallest absolute Gasteiger partial charge is 0.226 e. The van der Waals surface area contributed by atoms with Crippen molar-refractivity contribution >= 4 is 23.2 Å². The van der Waals surface area contributed by atoms with Crippen LogP contribution in [0.15, 0.2) is 54.6 Å². The van der Waals surface area contributed by atoms with Crippen molar-refractivity contribution in [3.05, 3.63) is 71.1 Å². The predicted molar refractivity (Wildman–Crippen MR) is 111 cm³/mol. The Hall–Kier alpha value is -2.70. The van der Waals surface area contributed by atoms with Gasteiger partial charge in [0, 0.05) is 43.3 Å². The highest BCUT2D eigenvalue weighted by Gasteiger charge is 2.22. The van der Waals surface area contributed by atoms with E-state index in [0.717, 1.165) is 17.0 Å². The third-order valence-electron chi connectivity index (χ3n) is 4.85. The van der Waals surface area contributed by atoms with Crippen molar-refractivity contribution in [2.24, 2.45) is 5.73 Å². The fourth-order valence-corrected chi connectivity index (χ4v) is 3.57. The number of piperazine rings is 1. The van der Waals surface area contributed by atoms with Gasteiger partial charge < -0.3 is 15.5 Å². The highest BCUT2D eigenvalue weighted by atomic mass is 35.5. The van der Waals surface area contributed by atoms with E-state index in [1.54, 1.807) is 6.07 Å². The maximum Gasteiger partial charge on any atom is 0.226 e. The van der Waals surface area contributed by atoms with E-state index in [1.807, 2.05) is 42.5 Å². The van der Waals surface area contributed by atoms with Crippen LogP contribution < -0.4 is 15.5 Å². The summed E-state index contributed by atoms with van der Waals surface area (Å²) in [6.07, 6.45) is 0. The van der Waals surface area contributed by atoms with Crippen molar-refractivity contribution in [1.29, 1.82) is 0 Å². The molecule has 4 rings (SSSR count). The van der Waals surface area contributed by atoms with Gasteiger partial charge in [-0.3, -0.25) is 0 Å². The third kappa shape index (κ3) is 3.93. The summed E-state index contributed by atoms with van der Waals surface area (Å²) in [5.74, 6) is 0.451. The zero-order valence-electron chi connectivity index (χ0n) is 15.4. The topological polar surface area (TPSA) is 58.3 Å². The molecule has 1 fully saturated rings. The Labute approximate surface area is 168 Å². The fourth-order valence-electron chi connectivity index (χ4n) is 3.38. The molecule has 0 saturated carbocycles. The molecular weight excluding hydrogens is 377 g/mol. The van der Waals surface area contributed by atoms with Crippen molar-refractivity contribution in [3.8, 4) is 11.3 Å². The molecule has 0 aliphatic carbocycles. The van der Waals surface area contributed by atoms with E-state index in [9.17, 15) is 4.39 Å². The number of nitrogens with two attached hydrogens (primary N) is 1. The maximum absolute atomic E-state index is 14.1. The summed E-state index contributed by atoms with van der Waals surface area (Å²) < 4.78 is 14.1. The first kappa shape index (κ1) is 18.7. The Kier molecular flexibility index (Phi) is 5.41. The van der Waals surface area contributed by atoms with Gasteiger partial charge in [-0.1, -0.05) is 35.9 Å². The van der Waals surface area contributed by atoms with E-state index < -0.39 is 0 Å². The lowest BCUT2D eigenvalue weighted by Gasteiger charge is -2.36. The van der Waals surface area contributed by atoms with Gasteiger partial charge in [0.2, 0.25) is 5.95 Å². The number of para-hydroxylation sites is 1. The molecule has 0 radical (unpaired) electrons. The van der Waals surface area contributed by atoms with Gasteiger partial charge in [-0.2, -0.15) is 0 Å². The molecule has 7 heteroatoms. The Balaban J connectivity index is 1.56. The van der Waals surface area contributed by atoms with Crippen molar-refractivity contribution in [3.63, 3.8) is 0 Å². The molecule has 0 amide bonds. The van der Waals surface area contributed by atoms with Crippen LogP contribution in [0.4, 0.5) is 16.0 Å². The third-order valence-corrected chi connectivity index (χ3v) is 5.09. The van der Waals surface area contributed by atoms with Gasteiger partial charge in [-0.15, -0.1) is 0 Å². The van der Waals surface area contributed by atoms with Gasteiger partial charge in [0.25, 0.3) is 0 Å². The van der Waals surface area contributed by atoms with Crippen molar-refractivity contribution in [2.45, 2.75) is 6.54 Å². The maximum atomic E-state index is 14.1. The molecule has 3 aromatic rings. The molecule has 0 atom stereocenters. The minimum atomic E-state index is -0.194. The second-order valence-corrected chi connectivity index (χ2v) is 7.12. The minimum absolute atomic E-state index is 0.194. The summed E-state index contributed by atoms with van der Waals surface area (Å²) >= 11 is 6.13. The second kappa shape index (κ2) is 8.12. The number of hydrogen-bond donors (Lipinski definition) is 1. The summed E-state index contributed by atoms with van der Waals surface area (Å²) in [7, 11) is 0. The van der Waals surface area contributed by atoms with E-state index >= 15 is 0 Å². The van der Waals surface area contributed by atoms with Gasteiger partial charge >= 0.3 is 0 Å². The zero-order chi connectivity index (χ0) is 19.5. The first-order valence-electron chi connectivity index (χ1n) is 9.22. The van der Waals surface area contributed by atoms with Crippen LogP contribution in [0.5, 0.6) is 0 Å². The molecule has 2 heterocycles. The van der Waals surface area contributed by atoms with Crippen LogP contribution in [0.3, 0.4) is 0 Å². The number of hydrogen-bond acceptors (Lipinski definition) is 5. The number of rotatable bonds is 4. The standard InChI is InChI=1S/C21H21ClFN5/c22-16-5-3-4-15(12-16)19-13-17(14-24)25-21(26-19)28-10-8-27(9-11-28)20-7-2-1-6-18(20)23/h1-7,12-13H,8-11,14,24H2. The molecule has 0 unspecified atom stereocenters. The van der Waals surface area contributed by atoms with Gasteiger partial charge in [-0.05, 0) is 30.3 Å². The lowest BCUT2D eigenvalue weighted by atomic mass is 10.1. The number of halogens is 2. The van der Waals surface area contributed by atoms with E-state index in [0.29, 0.717) is 49.4 Å². The molecule has 28 heavy (non-hydrogen) atoms. The van der Waals surface area contributed by atoms with E-state index in [-0.39, 0.29) is 5.82 Å². The highest BCUT2D eigenvalue weighted by Crippen LogP contribution is 2.25. The molecule has 2 aromatic carbocycles. The number of aromatic nitrogens is 2. The van der Waals surface area contributed by atoms with Gasteiger partial charge in [0.15, 0.2) is 0 Å². The van der Waals surface area contributed by atoms with Crippen LogP contribution in [-0.2, 0) is 6.54 Å². The first-order chi connectivity index (χ1) is 13.6. The van der Waals surface area contributed by atoms with Crippen LogP contribution in [0.25, 0.3) is 11.3 Å². The fraction of sp³-hybridized carbons (Fsp3) is 0.238. The van der Waals surface area contributed by atoms with E-state index in [1.165, 1.54) is 6.07 Å². The average molecular weight is 398 g/mol. The summed E-state index contributed by atoms with van der Waals surface area (Å²) in [6.45, 7) is 3.14. The van der Waals surface area contributed by atoms with Crippen molar-refractivity contribution in [1.82, 2.24) is 9.97 Å². The SMILES string of the molecule is NCc1cc(-c2cccc(Cl)c2)nc(N2CCN(c3ccccc3F)CC2)n1. The van der Waals surface area contributed by atoms with Crippen LogP contribution >= 0.6 is 11.6 Å². The lowest BCUT2D eigenvalue weighted by molar-refractivity contribution is 0.593. The largest absolute Gasteiger partial charge is 0.366 e. The molecule has 1 aliphatic rings. The number of anilines is 2. The van der Waals surface area contributed by atoms with Crippen LogP contribution in [0, 0.1) is 5.82 Å². The summed E-state index contributed by atoms with van der Waals surface area (Å²) in [6, 6.07) is 16.3. The Morgan fingerprint density at radius 3 is 2.39 bits per heavy atom. The Morgan fingerprint density at radius 1 is 0.929 bits per heavy atom. The highest BCUT2D eigenvalue weighted by molar-refractivity contribution is 6.30. The zero-order valence-corrected chi connectivity index (χ0v) is 16.1. The minimum Gasteiger partial charge on any atom is -0.366 e. The summed E-state index contributed by atoms with van der Waals surface area (Å²) in [5.41, 5.74) is 8.99. The van der Waals surface area contributed by atoms with Crippen molar-refractivity contribution in [2.75, 3.05) is 36.0 Å². The molecule has 2 N–H and O–H groups in total. The van der Waals surface area contributed by atoms with Gasteiger partial charge in [0.1, 0.15) is 5.82 Å². The van der Waals surface area contributed by atoms with Crippen LogP contribution in [0.2, 0.25) is 5.02 Å². The average Bonchev–Trinajstić information content (AvgIpc) is 2.74. The number of benzene rings is 2. The quantitative estimate of drug-likeness (QED) is 0.727. The first-order valence-corrected chi connectivity index (χ1v) is 9.60. The Bertz CT molecular complexity index is 973. The molecule has 144 valence electrons. The van der Waals surface area contributed by atoms with Gasteiger partial charge in [0.05, 0.1) is 17.1 Å². The molecular formula is C21H21ClFN5. The van der Waals surface area contributed by atoms with E-state index in [4.69, 9.17) is 22.3 Å². The van der Waals surface area contributed by atoms with E-state index in [2.05, 4.69) is 14.8 Å². The van der Waals surface area contributed by atoms with Gasteiger partial charge in [-0.25, -0.2) is 14.4 Å². The van der Waals surface area contributed by atoms with Crippen molar-refractivity contribution < 1.29 is 4.39 Å². The summed E-state index contributed by atoms with van der Waals surface area (Å²) in [5, 5.41) is 0.658. The number of nitrogens with zero attached hydrogens (tertiary/aromatic N) is 4. The molecule has 0 bridgehead atoms. The molecule has 1 aromatic heterocycles. The normalized spacial score (nSPS) is 14.4. The molecule has 1 saturated heterocycles. The second-order valence-electron chi connectivity index (χ2n) is 6.68. The summed E-state index contributed by atoms with van der Waals surface area (Å²) in [4.78, 5) is 13.5. The predicted octanol–water partition coefficient (Wildman–Crippen LogP) is 3.72. The lowest BCUT2D eigenvalue weighted by Crippen LogP contribution is -2.47. The van der Waals surface area contributed by atoms with Crippen LogP contribution in [-0.4, -0.2) is 36.1 Å². The monoisotopic (exact) mass is 397 g/mol. The molecule has 5 nitrogen and oxygen atoms in total.